The second kappa shape index (κ2) is 7.20. The van der Waals surface area contributed by atoms with Gasteiger partial charge in [-0.05, 0) is 31.2 Å². The lowest BCUT2D eigenvalue weighted by Gasteiger charge is -2.12. The molecule has 0 fully saturated rings. The SMILES string of the molecule is COc1ccc(Br)cc1CSC(C)CCN. The molecule has 0 amide bonds. The molecule has 0 bridgehead atoms. The van der Waals surface area contributed by atoms with Crippen molar-refractivity contribution in [1.82, 2.24) is 0 Å². The summed E-state index contributed by atoms with van der Waals surface area (Å²) in [6.07, 6.45) is 1.06. The zero-order chi connectivity index (χ0) is 12.0. The van der Waals surface area contributed by atoms with Crippen molar-refractivity contribution < 1.29 is 4.74 Å². The Balaban J connectivity index is 2.61. The lowest BCUT2D eigenvalue weighted by Crippen LogP contribution is -2.07. The molecular weight excluding hydrogens is 286 g/mol. The number of methoxy groups -OCH3 is 1. The predicted octanol–water partition coefficient (Wildman–Crippen LogP) is 3.43. The molecule has 2 N–H and O–H groups in total. The first-order valence-electron chi connectivity index (χ1n) is 5.31. The van der Waals surface area contributed by atoms with E-state index in [1.807, 2.05) is 23.9 Å². The topological polar surface area (TPSA) is 35.2 Å². The third-order valence-electron chi connectivity index (χ3n) is 2.34. The van der Waals surface area contributed by atoms with E-state index >= 15 is 0 Å². The van der Waals surface area contributed by atoms with Gasteiger partial charge >= 0.3 is 0 Å². The number of halogens is 1. The molecule has 0 saturated carbocycles. The van der Waals surface area contributed by atoms with Crippen LogP contribution < -0.4 is 10.5 Å². The maximum Gasteiger partial charge on any atom is 0.122 e. The molecule has 0 aliphatic rings. The predicted molar refractivity (Wildman–Crippen MR) is 75.1 cm³/mol. The molecule has 0 heterocycles. The Hall–Kier alpha value is -0.190. The molecule has 4 heteroatoms. The molecule has 0 radical (unpaired) electrons. The molecule has 0 saturated heterocycles. The molecule has 1 atom stereocenters. The van der Waals surface area contributed by atoms with E-state index in [2.05, 4.69) is 28.9 Å². The van der Waals surface area contributed by atoms with Crippen LogP contribution in [0.4, 0.5) is 0 Å². The molecule has 0 aromatic heterocycles. The molecule has 0 aliphatic carbocycles. The van der Waals surface area contributed by atoms with Gasteiger partial charge in [-0.15, -0.1) is 0 Å². The lowest BCUT2D eigenvalue weighted by atomic mass is 10.2. The Morgan fingerprint density at radius 3 is 2.88 bits per heavy atom. The fourth-order valence-electron chi connectivity index (χ4n) is 1.41. The van der Waals surface area contributed by atoms with Crippen LogP contribution in [0.25, 0.3) is 0 Å². The first-order valence-corrected chi connectivity index (χ1v) is 7.15. The Morgan fingerprint density at radius 1 is 1.50 bits per heavy atom. The van der Waals surface area contributed by atoms with Crippen LogP contribution in [0.3, 0.4) is 0 Å². The van der Waals surface area contributed by atoms with Crippen molar-refractivity contribution in [3.63, 3.8) is 0 Å². The van der Waals surface area contributed by atoms with Crippen molar-refractivity contribution in [3.05, 3.63) is 28.2 Å². The largest absolute Gasteiger partial charge is 0.496 e. The molecule has 0 spiro atoms. The van der Waals surface area contributed by atoms with Gasteiger partial charge in [-0.2, -0.15) is 11.8 Å². The minimum atomic E-state index is 0.591. The number of hydrogen-bond donors (Lipinski definition) is 1. The zero-order valence-corrected chi connectivity index (χ0v) is 12.1. The molecular formula is C12H18BrNOS. The van der Waals surface area contributed by atoms with Crippen LogP contribution in [0.15, 0.2) is 22.7 Å². The van der Waals surface area contributed by atoms with E-state index in [4.69, 9.17) is 10.5 Å². The standard InChI is InChI=1S/C12H18BrNOS/c1-9(5-6-14)16-8-10-7-11(13)3-4-12(10)15-2/h3-4,7,9H,5-6,8,14H2,1-2H3. The molecule has 1 unspecified atom stereocenters. The maximum absolute atomic E-state index is 5.53. The van der Waals surface area contributed by atoms with Crippen LogP contribution >= 0.6 is 27.7 Å². The van der Waals surface area contributed by atoms with Gasteiger partial charge in [0.15, 0.2) is 0 Å². The van der Waals surface area contributed by atoms with Gasteiger partial charge in [0.2, 0.25) is 0 Å². The highest BCUT2D eigenvalue weighted by Gasteiger charge is 2.07. The minimum absolute atomic E-state index is 0.591. The van der Waals surface area contributed by atoms with E-state index in [-0.39, 0.29) is 0 Å². The van der Waals surface area contributed by atoms with E-state index in [9.17, 15) is 0 Å². The highest BCUT2D eigenvalue weighted by atomic mass is 79.9. The number of benzene rings is 1. The van der Waals surface area contributed by atoms with Crippen LogP contribution in [0.1, 0.15) is 18.9 Å². The van der Waals surface area contributed by atoms with Gasteiger partial charge in [-0.1, -0.05) is 22.9 Å². The monoisotopic (exact) mass is 303 g/mol. The summed E-state index contributed by atoms with van der Waals surface area (Å²) in [7, 11) is 1.71. The van der Waals surface area contributed by atoms with Crippen LogP contribution in [-0.2, 0) is 5.75 Å². The maximum atomic E-state index is 5.53. The first-order chi connectivity index (χ1) is 7.67. The average Bonchev–Trinajstić information content (AvgIpc) is 2.27. The highest BCUT2D eigenvalue weighted by Crippen LogP contribution is 2.28. The summed E-state index contributed by atoms with van der Waals surface area (Å²) in [6.45, 7) is 2.96. The Bertz CT molecular complexity index is 333. The van der Waals surface area contributed by atoms with E-state index in [0.29, 0.717) is 5.25 Å². The summed E-state index contributed by atoms with van der Waals surface area (Å²) in [4.78, 5) is 0. The van der Waals surface area contributed by atoms with Gasteiger partial charge in [0, 0.05) is 21.0 Å². The number of thioether (sulfide) groups is 1. The second-order valence-electron chi connectivity index (χ2n) is 3.66. The van der Waals surface area contributed by atoms with Crippen LogP contribution in [-0.4, -0.2) is 18.9 Å². The number of ether oxygens (including phenoxy) is 1. The third-order valence-corrected chi connectivity index (χ3v) is 4.11. The minimum Gasteiger partial charge on any atom is -0.496 e. The van der Waals surface area contributed by atoms with Crippen molar-refractivity contribution in [3.8, 4) is 5.75 Å². The van der Waals surface area contributed by atoms with Gasteiger partial charge in [-0.3, -0.25) is 0 Å². The van der Waals surface area contributed by atoms with Gasteiger partial charge < -0.3 is 10.5 Å². The average molecular weight is 304 g/mol. The Morgan fingerprint density at radius 2 is 2.25 bits per heavy atom. The van der Waals surface area contributed by atoms with Crippen LogP contribution in [0.5, 0.6) is 5.75 Å². The van der Waals surface area contributed by atoms with E-state index in [1.165, 1.54) is 5.56 Å². The van der Waals surface area contributed by atoms with Crippen molar-refractivity contribution in [1.29, 1.82) is 0 Å². The summed E-state index contributed by atoms with van der Waals surface area (Å²) in [5, 5.41) is 0.591. The zero-order valence-electron chi connectivity index (χ0n) is 9.70. The van der Waals surface area contributed by atoms with Crippen molar-refractivity contribution in [2.75, 3.05) is 13.7 Å². The van der Waals surface area contributed by atoms with E-state index in [1.54, 1.807) is 7.11 Å². The smallest absolute Gasteiger partial charge is 0.122 e. The number of hydrogen-bond acceptors (Lipinski definition) is 3. The molecule has 16 heavy (non-hydrogen) atoms. The summed E-state index contributed by atoms with van der Waals surface area (Å²) < 4.78 is 6.43. The fourth-order valence-corrected chi connectivity index (χ4v) is 2.81. The van der Waals surface area contributed by atoms with E-state index in [0.717, 1.165) is 28.9 Å². The third kappa shape index (κ3) is 4.36. The lowest BCUT2D eigenvalue weighted by molar-refractivity contribution is 0.411. The van der Waals surface area contributed by atoms with Crippen LogP contribution in [0.2, 0.25) is 0 Å². The molecule has 1 rings (SSSR count). The van der Waals surface area contributed by atoms with Gasteiger partial charge in [-0.25, -0.2) is 0 Å². The van der Waals surface area contributed by atoms with Crippen molar-refractivity contribution in [2.45, 2.75) is 24.3 Å². The van der Waals surface area contributed by atoms with Crippen molar-refractivity contribution in [2.24, 2.45) is 5.73 Å². The summed E-state index contributed by atoms with van der Waals surface area (Å²) >= 11 is 5.39. The molecule has 1 aromatic carbocycles. The number of rotatable bonds is 6. The summed E-state index contributed by atoms with van der Waals surface area (Å²) in [6, 6.07) is 6.10. The molecule has 0 aliphatic heterocycles. The molecule has 1 aromatic rings. The molecule has 90 valence electrons. The van der Waals surface area contributed by atoms with Crippen molar-refractivity contribution >= 4 is 27.7 Å². The van der Waals surface area contributed by atoms with Crippen LogP contribution in [0, 0.1) is 0 Å². The fraction of sp³-hybridized carbons (Fsp3) is 0.500. The Kier molecular flexibility index (Phi) is 6.24. The van der Waals surface area contributed by atoms with Gasteiger partial charge in [0.05, 0.1) is 7.11 Å². The van der Waals surface area contributed by atoms with Gasteiger partial charge in [0.1, 0.15) is 5.75 Å². The van der Waals surface area contributed by atoms with E-state index < -0.39 is 0 Å². The second-order valence-corrected chi connectivity index (χ2v) is 6.00. The number of nitrogens with two attached hydrogens (primary N) is 1. The molecule has 2 nitrogen and oxygen atoms in total. The highest BCUT2D eigenvalue weighted by molar-refractivity contribution is 9.10. The Labute approximate surface area is 110 Å². The first kappa shape index (κ1) is 13.9. The van der Waals surface area contributed by atoms with Gasteiger partial charge in [0.25, 0.3) is 0 Å². The summed E-state index contributed by atoms with van der Waals surface area (Å²) in [5.41, 5.74) is 6.76. The quantitative estimate of drug-likeness (QED) is 0.874. The normalized spacial score (nSPS) is 12.5. The summed E-state index contributed by atoms with van der Waals surface area (Å²) in [5.74, 6) is 1.92.